The first-order valence-corrected chi connectivity index (χ1v) is 5.93. The molecule has 0 aromatic heterocycles. The van der Waals surface area contributed by atoms with Gasteiger partial charge in [0.1, 0.15) is 0 Å². The van der Waals surface area contributed by atoms with Crippen LogP contribution in [-0.2, 0) is 4.79 Å². The van der Waals surface area contributed by atoms with E-state index in [1.807, 2.05) is 0 Å². The molecule has 0 aliphatic carbocycles. The SMILES string of the molecule is CC(=O)[O-].CCC[N+](C)(CCC)CCC. The van der Waals surface area contributed by atoms with Gasteiger partial charge in [-0.05, 0) is 26.2 Å². The summed E-state index contributed by atoms with van der Waals surface area (Å²) in [6.07, 6.45) is 3.95. The van der Waals surface area contributed by atoms with Crippen molar-refractivity contribution in [3.8, 4) is 0 Å². The highest BCUT2D eigenvalue weighted by molar-refractivity contribution is 5.60. The highest BCUT2D eigenvalue weighted by atomic mass is 16.4. The second-order valence-corrected chi connectivity index (χ2v) is 4.28. The minimum absolute atomic E-state index is 0.972. The van der Waals surface area contributed by atoms with Crippen molar-refractivity contribution in [1.82, 2.24) is 0 Å². The summed E-state index contributed by atoms with van der Waals surface area (Å²) in [4.78, 5) is 8.89. The molecule has 0 aromatic rings. The minimum Gasteiger partial charge on any atom is -0.550 e. The lowest BCUT2D eigenvalue weighted by molar-refractivity contribution is -0.909. The highest BCUT2D eigenvalue weighted by Crippen LogP contribution is 2.06. The van der Waals surface area contributed by atoms with Crippen LogP contribution in [0, 0.1) is 0 Å². The lowest BCUT2D eigenvalue weighted by atomic mass is 10.2. The molecule has 0 N–H and O–H groups in total. The predicted molar refractivity (Wildman–Crippen MR) is 62.3 cm³/mol. The van der Waals surface area contributed by atoms with Gasteiger partial charge in [0.2, 0.25) is 0 Å². The summed E-state index contributed by atoms with van der Waals surface area (Å²) in [6, 6.07) is 0. The van der Waals surface area contributed by atoms with E-state index < -0.39 is 5.97 Å². The fraction of sp³-hybridized carbons (Fsp3) is 0.917. The first kappa shape index (κ1) is 16.8. The smallest absolute Gasteiger partial charge is 0.0781 e. The fourth-order valence-electron chi connectivity index (χ4n) is 1.95. The number of hydrogen-bond acceptors (Lipinski definition) is 2. The Morgan fingerprint density at radius 2 is 1.20 bits per heavy atom. The molecule has 0 aromatic carbocycles. The predicted octanol–water partition coefficient (Wildman–Crippen LogP) is 1.42. The third kappa shape index (κ3) is 13.4. The number of nitrogens with zero attached hydrogens (tertiary/aromatic N) is 1. The van der Waals surface area contributed by atoms with Gasteiger partial charge in [-0.25, -0.2) is 0 Å². The van der Waals surface area contributed by atoms with E-state index in [-0.39, 0.29) is 0 Å². The lowest BCUT2D eigenvalue weighted by Gasteiger charge is -2.33. The number of aliphatic carboxylic acids is 1. The van der Waals surface area contributed by atoms with Crippen molar-refractivity contribution in [2.75, 3.05) is 26.7 Å². The van der Waals surface area contributed by atoms with Gasteiger partial charge in [0.15, 0.2) is 0 Å². The maximum atomic E-state index is 8.89. The Morgan fingerprint density at radius 3 is 1.33 bits per heavy atom. The number of carbonyl (C=O) groups is 1. The molecule has 3 nitrogen and oxygen atoms in total. The zero-order valence-corrected chi connectivity index (χ0v) is 11.0. The van der Waals surface area contributed by atoms with E-state index in [1.165, 1.54) is 43.4 Å². The largest absolute Gasteiger partial charge is 0.550 e. The maximum absolute atomic E-state index is 8.89. The molecule has 0 atom stereocenters. The Labute approximate surface area is 94.7 Å². The zero-order chi connectivity index (χ0) is 12.3. The first-order valence-electron chi connectivity index (χ1n) is 5.93. The molecular formula is C12H27NO2. The van der Waals surface area contributed by atoms with E-state index in [1.54, 1.807) is 0 Å². The molecule has 0 saturated heterocycles. The lowest BCUT2D eigenvalue weighted by Crippen LogP contribution is -2.45. The summed E-state index contributed by atoms with van der Waals surface area (Å²) >= 11 is 0. The molecule has 0 fully saturated rings. The third-order valence-corrected chi connectivity index (χ3v) is 2.29. The van der Waals surface area contributed by atoms with Crippen LogP contribution in [0.2, 0.25) is 0 Å². The van der Waals surface area contributed by atoms with Crippen molar-refractivity contribution in [3.05, 3.63) is 0 Å². The van der Waals surface area contributed by atoms with E-state index in [9.17, 15) is 0 Å². The van der Waals surface area contributed by atoms with Gasteiger partial charge in [0.25, 0.3) is 0 Å². The third-order valence-electron chi connectivity index (χ3n) is 2.29. The van der Waals surface area contributed by atoms with E-state index in [4.69, 9.17) is 9.90 Å². The van der Waals surface area contributed by atoms with Gasteiger partial charge < -0.3 is 14.4 Å². The van der Waals surface area contributed by atoms with E-state index in [0.717, 1.165) is 6.92 Å². The summed E-state index contributed by atoms with van der Waals surface area (Å²) in [6.45, 7) is 11.9. The average molecular weight is 217 g/mol. The van der Waals surface area contributed by atoms with E-state index >= 15 is 0 Å². The zero-order valence-electron chi connectivity index (χ0n) is 11.0. The standard InChI is InChI=1S/C10H24N.C2H4O2/c1-5-8-11(4,9-6-2)10-7-3;1-2(3)4/h5-10H2,1-4H3;1H3,(H,3,4)/q+1;/p-1. The molecule has 15 heavy (non-hydrogen) atoms. The van der Waals surface area contributed by atoms with Crippen LogP contribution in [0.25, 0.3) is 0 Å². The van der Waals surface area contributed by atoms with Crippen molar-refractivity contribution in [1.29, 1.82) is 0 Å². The first-order chi connectivity index (χ1) is 6.91. The van der Waals surface area contributed by atoms with Crippen LogP contribution >= 0.6 is 0 Å². The second-order valence-electron chi connectivity index (χ2n) is 4.28. The van der Waals surface area contributed by atoms with Gasteiger partial charge in [0, 0.05) is 5.97 Å². The molecular weight excluding hydrogens is 190 g/mol. The average Bonchev–Trinajstić information content (AvgIpc) is 2.03. The Balaban J connectivity index is 0. The summed E-state index contributed by atoms with van der Waals surface area (Å²) in [5, 5.41) is 8.89. The maximum Gasteiger partial charge on any atom is 0.0781 e. The van der Waals surface area contributed by atoms with Crippen molar-refractivity contribution in [2.24, 2.45) is 0 Å². The molecule has 3 heteroatoms. The Bertz CT molecular complexity index is 137. The number of carbonyl (C=O) groups excluding carboxylic acids is 1. The summed E-state index contributed by atoms with van der Waals surface area (Å²) in [7, 11) is 2.39. The molecule has 0 saturated carbocycles. The van der Waals surface area contributed by atoms with Gasteiger partial charge in [-0.15, -0.1) is 0 Å². The summed E-state index contributed by atoms with van der Waals surface area (Å²) < 4.78 is 1.28. The van der Waals surface area contributed by atoms with Crippen LogP contribution in [0.15, 0.2) is 0 Å². The molecule has 0 bridgehead atoms. The van der Waals surface area contributed by atoms with Crippen LogP contribution in [0.1, 0.15) is 47.0 Å². The van der Waals surface area contributed by atoms with Crippen LogP contribution in [-0.4, -0.2) is 37.1 Å². The number of quaternary nitrogens is 1. The molecule has 0 radical (unpaired) electrons. The van der Waals surface area contributed by atoms with Crippen LogP contribution in [0.3, 0.4) is 0 Å². The molecule has 0 amide bonds. The highest BCUT2D eigenvalue weighted by Gasteiger charge is 2.16. The number of hydrogen-bond donors (Lipinski definition) is 0. The summed E-state index contributed by atoms with van der Waals surface area (Å²) in [5.74, 6) is -1.08. The molecule has 92 valence electrons. The van der Waals surface area contributed by atoms with E-state index in [0.29, 0.717) is 0 Å². The monoisotopic (exact) mass is 217 g/mol. The van der Waals surface area contributed by atoms with Crippen molar-refractivity contribution >= 4 is 5.97 Å². The topological polar surface area (TPSA) is 40.1 Å². The second kappa shape index (κ2) is 9.97. The van der Waals surface area contributed by atoms with Gasteiger partial charge in [-0.3, -0.25) is 0 Å². The van der Waals surface area contributed by atoms with Crippen molar-refractivity contribution < 1.29 is 14.4 Å². The van der Waals surface area contributed by atoms with Crippen LogP contribution < -0.4 is 5.11 Å². The molecule has 0 rings (SSSR count). The van der Waals surface area contributed by atoms with E-state index in [2.05, 4.69) is 27.8 Å². The van der Waals surface area contributed by atoms with Crippen LogP contribution in [0.4, 0.5) is 0 Å². The fourth-order valence-corrected chi connectivity index (χ4v) is 1.95. The molecule has 0 spiro atoms. The van der Waals surface area contributed by atoms with Crippen LogP contribution in [0.5, 0.6) is 0 Å². The van der Waals surface area contributed by atoms with Gasteiger partial charge in [-0.1, -0.05) is 20.8 Å². The number of carboxylic acids is 1. The minimum atomic E-state index is -1.08. The van der Waals surface area contributed by atoms with Crippen molar-refractivity contribution in [3.63, 3.8) is 0 Å². The Morgan fingerprint density at radius 1 is 1.00 bits per heavy atom. The quantitative estimate of drug-likeness (QED) is 0.631. The molecule has 0 heterocycles. The number of carboxylic acid groups (broad SMARTS) is 1. The Hall–Kier alpha value is -0.570. The Kier molecular flexibility index (Phi) is 11.2. The van der Waals surface area contributed by atoms with Gasteiger partial charge >= 0.3 is 0 Å². The molecule has 0 aliphatic heterocycles. The van der Waals surface area contributed by atoms with Gasteiger partial charge in [-0.2, -0.15) is 0 Å². The number of rotatable bonds is 6. The summed E-state index contributed by atoms with van der Waals surface area (Å²) in [5.41, 5.74) is 0. The van der Waals surface area contributed by atoms with Gasteiger partial charge in [0.05, 0.1) is 26.7 Å². The normalized spacial score (nSPS) is 10.5. The molecule has 0 aliphatic rings. The van der Waals surface area contributed by atoms with Crippen molar-refractivity contribution in [2.45, 2.75) is 47.0 Å². The molecule has 0 unspecified atom stereocenters.